The Balaban J connectivity index is 0. The maximum atomic E-state index is 5.47. The van der Waals surface area contributed by atoms with E-state index in [9.17, 15) is 0 Å². The minimum atomic E-state index is 0. The third-order valence-electron chi connectivity index (χ3n) is 3.56. The van der Waals surface area contributed by atoms with E-state index in [1.807, 2.05) is 0 Å². The smallest absolute Gasteiger partial charge is 0.330 e. The van der Waals surface area contributed by atoms with E-state index in [1.165, 1.54) is 89.9 Å². The van der Waals surface area contributed by atoms with E-state index in [4.69, 9.17) is 5.73 Å². The lowest BCUT2D eigenvalue weighted by atomic mass is 10.0. The minimum Gasteiger partial charge on any atom is -0.330 e. The van der Waals surface area contributed by atoms with Crippen LogP contribution in [0.15, 0.2) is 0 Å². The molecule has 0 bridgehead atoms. The second-order valence-corrected chi connectivity index (χ2v) is 5.38. The molecule has 0 aliphatic heterocycles. The quantitative estimate of drug-likeness (QED) is 0.398. The maximum absolute atomic E-state index is 5.47. The Labute approximate surface area is 111 Å². The van der Waals surface area contributed by atoms with Gasteiger partial charge in [-0.25, -0.2) is 0 Å². The standard InChI is InChI=1S/C16H35N/c1-2-3-4-5-6-7-8-9-10-11-12-13-14-15-16-17/h2-17H2,1H3/p+1. The van der Waals surface area contributed by atoms with Gasteiger partial charge >= 0.3 is 1.43 Å². The van der Waals surface area contributed by atoms with Gasteiger partial charge in [-0.2, -0.15) is 0 Å². The zero-order chi connectivity index (χ0) is 12.6. The predicted octanol–water partition coefficient (Wildman–Crippen LogP) is 5.54. The molecular weight excluding hydrogens is 206 g/mol. The Hall–Kier alpha value is -0.0400. The number of nitrogens with two attached hydrogens (primary N) is 1. The third-order valence-corrected chi connectivity index (χ3v) is 3.56. The predicted molar refractivity (Wildman–Crippen MR) is 80.5 cm³/mol. The van der Waals surface area contributed by atoms with E-state index in [0.29, 0.717) is 0 Å². The van der Waals surface area contributed by atoms with E-state index < -0.39 is 0 Å². The molecule has 0 unspecified atom stereocenters. The first-order valence-electron chi connectivity index (χ1n) is 8.12. The van der Waals surface area contributed by atoms with Gasteiger partial charge in [0.05, 0.1) is 0 Å². The lowest BCUT2D eigenvalue weighted by molar-refractivity contribution is 0.536. The van der Waals surface area contributed by atoms with Gasteiger partial charge in [-0.1, -0.05) is 90.4 Å². The fraction of sp³-hybridized carbons (Fsp3) is 1.00. The maximum Gasteiger partial charge on any atom is 1.00 e. The van der Waals surface area contributed by atoms with Crippen molar-refractivity contribution in [2.45, 2.75) is 96.8 Å². The lowest BCUT2D eigenvalue weighted by Gasteiger charge is -2.02. The van der Waals surface area contributed by atoms with Crippen LogP contribution in [0.4, 0.5) is 0 Å². The van der Waals surface area contributed by atoms with Gasteiger partial charge in [-0.05, 0) is 13.0 Å². The molecule has 0 aromatic rings. The molecule has 0 atom stereocenters. The molecule has 0 fully saturated rings. The Bertz CT molecular complexity index is 114. The molecule has 0 saturated heterocycles. The summed E-state index contributed by atoms with van der Waals surface area (Å²) in [5, 5.41) is 0. The molecule has 1 nitrogen and oxygen atoms in total. The highest BCUT2D eigenvalue weighted by Crippen LogP contribution is 2.12. The number of hydrogen-bond donors (Lipinski definition) is 1. The molecule has 0 rings (SSSR count). The summed E-state index contributed by atoms with van der Waals surface area (Å²) in [6, 6.07) is 0. The molecule has 0 heterocycles. The Morgan fingerprint density at radius 2 is 0.824 bits per heavy atom. The molecular formula is C16H36N+. The van der Waals surface area contributed by atoms with Gasteiger partial charge in [-0.15, -0.1) is 0 Å². The van der Waals surface area contributed by atoms with Gasteiger partial charge in [0.15, 0.2) is 0 Å². The first kappa shape index (κ1) is 17.0. The highest BCUT2D eigenvalue weighted by Gasteiger charge is 1.93. The summed E-state index contributed by atoms with van der Waals surface area (Å²) in [6.07, 6.45) is 19.9. The summed E-state index contributed by atoms with van der Waals surface area (Å²) in [4.78, 5) is 0. The Morgan fingerprint density at radius 1 is 0.529 bits per heavy atom. The van der Waals surface area contributed by atoms with Gasteiger partial charge in [0.25, 0.3) is 0 Å². The molecule has 0 aromatic carbocycles. The van der Waals surface area contributed by atoms with Crippen LogP contribution in [0.25, 0.3) is 0 Å². The Kier molecular flexibility index (Phi) is 15.9. The molecule has 0 saturated carbocycles. The normalized spacial score (nSPS) is 10.9. The second kappa shape index (κ2) is 16.0. The van der Waals surface area contributed by atoms with E-state index in [2.05, 4.69) is 6.92 Å². The fourth-order valence-electron chi connectivity index (χ4n) is 2.34. The van der Waals surface area contributed by atoms with Crippen molar-refractivity contribution < 1.29 is 1.43 Å². The van der Waals surface area contributed by atoms with Crippen LogP contribution in [0, 0.1) is 0 Å². The molecule has 104 valence electrons. The summed E-state index contributed by atoms with van der Waals surface area (Å²) < 4.78 is 0. The van der Waals surface area contributed by atoms with Crippen molar-refractivity contribution in [2.75, 3.05) is 6.54 Å². The Morgan fingerprint density at radius 3 is 1.12 bits per heavy atom. The minimum absolute atomic E-state index is 0. The van der Waals surface area contributed by atoms with Gasteiger partial charge < -0.3 is 5.73 Å². The molecule has 17 heavy (non-hydrogen) atoms. The number of rotatable bonds is 14. The second-order valence-electron chi connectivity index (χ2n) is 5.38. The van der Waals surface area contributed by atoms with Crippen LogP contribution in [0.5, 0.6) is 0 Å². The zero-order valence-corrected chi connectivity index (χ0v) is 12.2. The van der Waals surface area contributed by atoms with Crippen LogP contribution in [-0.4, -0.2) is 6.54 Å². The summed E-state index contributed by atoms with van der Waals surface area (Å²) in [5.74, 6) is 0. The summed E-state index contributed by atoms with van der Waals surface area (Å²) in [5.41, 5.74) is 5.47. The van der Waals surface area contributed by atoms with Crippen LogP contribution >= 0.6 is 0 Å². The fourth-order valence-corrected chi connectivity index (χ4v) is 2.34. The highest BCUT2D eigenvalue weighted by atomic mass is 14.5. The lowest BCUT2D eigenvalue weighted by Crippen LogP contribution is -1.97. The van der Waals surface area contributed by atoms with Crippen molar-refractivity contribution in [1.82, 2.24) is 0 Å². The summed E-state index contributed by atoms with van der Waals surface area (Å²) in [6.45, 7) is 3.16. The molecule has 0 radical (unpaired) electrons. The van der Waals surface area contributed by atoms with Gasteiger partial charge in [0.2, 0.25) is 0 Å². The SMILES string of the molecule is CCCCCCCCCCCCCCCCN.[H+]. The first-order valence-corrected chi connectivity index (χ1v) is 8.12. The van der Waals surface area contributed by atoms with Crippen LogP contribution < -0.4 is 5.73 Å². The molecule has 0 spiro atoms. The van der Waals surface area contributed by atoms with Gasteiger partial charge in [0, 0.05) is 0 Å². The first-order chi connectivity index (χ1) is 8.41. The highest BCUT2D eigenvalue weighted by molar-refractivity contribution is 4.49. The van der Waals surface area contributed by atoms with Crippen LogP contribution in [-0.2, 0) is 0 Å². The van der Waals surface area contributed by atoms with Crippen molar-refractivity contribution in [3.8, 4) is 0 Å². The average Bonchev–Trinajstić information content (AvgIpc) is 2.35. The third kappa shape index (κ3) is 16.0. The van der Waals surface area contributed by atoms with Crippen LogP contribution in [0.2, 0.25) is 0 Å². The number of hydrogen-bond acceptors (Lipinski definition) is 1. The largest absolute Gasteiger partial charge is 1.00 e. The van der Waals surface area contributed by atoms with E-state index in [-0.39, 0.29) is 1.43 Å². The van der Waals surface area contributed by atoms with E-state index >= 15 is 0 Å². The van der Waals surface area contributed by atoms with Gasteiger partial charge in [-0.3, -0.25) is 0 Å². The van der Waals surface area contributed by atoms with Crippen molar-refractivity contribution >= 4 is 0 Å². The van der Waals surface area contributed by atoms with Crippen molar-refractivity contribution in [3.05, 3.63) is 0 Å². The molecule has 2 N–H and O–H groups in total. The monoisotopic (exact) mass is 242 g/mol. The number of unbranched alkanes of at least 4 members (excludes halogenated alkanes) is 13. The average molecular weight is 242 g/mol. The van der Waals surface area contributed by atoms with Crippen molar-refractivity contribution in [3.63, 3.8) is 0 Å². The molecule has 0 aromatic heterocycles. The van der Waals surface area contributed by atoms with Crippen molar-refractivity contribution in [2.24, 2.45) is 5.73 Å². The molecule has 0 aliphatic rings. The topological polar surface area (TPSA) is 26.0 Å². The van der Waals surface area contributed by atoms with Crippen LogP contribution in [0.1, 0.15) is 98.2 Å². The summed E-state index contributed by atoms with van der Waals surface area (Å²) >= 11 is 0. The van der Waals surface area contributed by atoms with Gasteiger partial charge in [0.1, 0.15) is 0 Å². The molecule has 1 heteroatoms. The molecule has 0 aliphatic carbocycles. The van der Waals surface area contributed by atoms with E-state index in [0.717, 1.165) is 6.54 Å². The van der Waals surface area contributed by atoms with Crippen LogP contribution in [0.3, 0.4) is 0 Å². The zero-order valence-electron chi connectivity index (χ0n) is 13.2. The summed E-state index contributed by atoms with van der Waals surface area (Å²) in [7, 11) is 0. The van der Waals surface area contributed by atoms with E-state index in [1.54, 1.807) is 0 Å². The molecule has 0 amide bonds. The van der Waals surface area contributed by atoms with Crippen molar-refractivity contribution in [1.29, 1.82) is 0 Å².